The van der Waals surface area contributed by atoms with E-state index in [9.17, 15) is 4.79 Å². The molecule has 1 heterocycles. The summed E-state index contributed by atoms with van der Waals surface area (Å²) < 4.78 is 13.3. The minimum Gasteiger partial charge on any atom is -0.494 e. The number of thioether (sulfide) groups is 1. The molecule has 0 saturated carbocycles. The number of hydrogen-bond donors (Lipinski definition) is 1. The summed E-state index contributed by atoms with van der Waals surface area (Å²) in [6.45, 7) is 9.39. The first kappa shape index (κ1) is 23.9. The summed E-state index contributed by atoms with van der Waals surface area (Å²) in [6.07, 6.45) is 0. The Bertz CT molecular complexity index is 1050. The van der Waals surface area contributed by atoms with Crippen LogP contribution in [0, 0.1) is 13.8 Å². The van der Waals surface area contributed by atoms with Crippen molar-refractivity contribution < 1.29 is 14.3 Å². The van der Waals surface area contributed by atoms with Gasteiger partial charge in [0.2, 0.25) is 5.91 Å². The second-order valence-corrected chi connectivity index (χ2v) is 8.42. The van der Waals surface area contributed by atoms with Crippen molar-refractivity contribution in [1.29, 1.82) is 0 Å². The number of carbonyl (C=O) groups is 1. The lowest BCUT2D eigenvalue weighted by molar-refractivity contribution is -0.113. The molecule has 0 bridgehead atoms. The summed E-state index contributed by atoms with van der Waals surface area (Å²) in [7, 11) is 0. The van der Waals surface area contributed by atoms with Crippen LogP contribution in [0.2, 0.25) is 5.02 Å². The highest BCUT2D eigenvalue weighted by Crippen LogP contribution is 2.26. The number of aryl methyl sites for hydroxylation is 2. The average Bonchev–Trinajstić information content (AvgIpc) is 3.18. The van der Waals surface area contributed by atoms with Crippen molar-refractivity contribution in [1.82, 2.24) is 14.8 Å². The molecule has 0 fully saturated rings. The van der Waals surface area contributed by atoms with Crippen LogP contribution in [0.1, 0.15) is 30.8 Å². The maximum atomic E-state index is 12.3. The molecule has 0 spiro atoms. The predicted molar refractivity (Wildman–Crippen MR) is 128 cm³/mol. The molecular formula is C23H27ClN4O3S. The quantitative estimate of drug-likeness (QED) is 0.403. The Morgan fingerprint density at radius 2 is 1.75 bits per heavy atom. The van der Waals surface area contributed by atoms with E-state index in [1.54, 1.807) is 0 Å². The van der Waals surface area contributed by atoms with Gasteiger partial charge in [-0.3, -0.25) is 4.79 Å². The summed E-state index contributed by atoms with van der Waals surface area (Å²) in [4.78, 5) is 12.3. The van der Waals surface area contributed by atoms with Crippen LogP contribution in [0.15, 0.2) is 41.6 Å². The van der Waals surface area contributed by atoms with E-state index in [0.717, 1.165) is 33.3 Å². The largest absolute Gasteiger partial charge is 0.494 e. The van der Waals surface area contributed by atoms with Crippen molar-refractivity contribution >= 4 is 35.0 Å². The summed E-state index contributed by atoms with van der Waals surface area (Å²) in [6, 6.07) is 11.1. The number of halogens is 1. The lowest BCUT2D eigenvalue weighted by atomic mass is 10.1. The van der Waals surface area contributed by atoms with Gasteiger partial charge in [0.25, 0.3) is 0 Å². The fourth-order valence-electron chi connectivity index (χ4n) is 3.12. The van der Waals surface area contributed by atoms with Crippen LogP contribution < -0.4 is 14.8 Å². The first-order valence-electron chi connectivity index (χ1n) is 10.4. The lowest BCUT2D eigenvalue weighted by Crippen LogP contribution is -2.15. The maximum absolute atomic E-state index is 12.3. The van der Waals surface area contributed by atoms with Crippen molar-refractivity contribution in [2.24, 2.45) is 0 Å². The van der Waals surface area contributed by atoms with Crippen LogP contribution in [0.5, 0.6) is 11.5 Å². The smallest absolute Gasteiger partial charge is 0.234 e. The second-order valence-electron chi connectivity index (χ2n) is 7.10. The number of anilines is 1. The first-order chi connectivity index (χ1) is 15.4. The Labute approximate surface area is 197 Å². The van der Waals surface area contributed by atoms with Gasteiger partial charge >= 0.3 is 0 Å². The standard InChI is InChI=1S/C23H27ClN4O3S/c1-5-28-20(13-31-19-11-15(3)22(24)16(4)12-19)26-27-23(28)32-14-21(29)25-17-7-9-18(10-8-17)30-6-2/h7-12H,5-6,13-14H2,1-4H3,(H,25,29). The lowest BCUT2D eigenvalue weighted by Gasteiger charge is -2.11. The molecular weight excluding hydrogens is 448 g/mol. The third-order valence-corrected chi connectivity index (χ3v) is 6.23. The highest BCUT2D eigenvalue weighted by Gasteiger charge is 2.14. The number of nitrogens with one attached hydrogen (secondary N) is 1. The monoisotopic (exact) mass is 474 g/mol. The molecule has 1 aromatic heterocycles. The molecule has 0 radical (unpaired) electrons. The topological polar surface area (TPSA) is 78.3 Å². The van der Waals surface area contributed by atoms with Crippen molar-refractivity contribution in [3.05, 3.63) is 58.4 Å². The fraction of sp³-hybridized carbons (Fsp3) is 0.348. The Kier molecular flexibility index (Phi) is 8.41. The van der Waals surface area contributed by atoms with Crippen molar-refractivity contribution in [2.45, 2.75) is 46.0 Å². The zero-order valence-electron chi connectivity index (χ0n) is 18.6. The van der Waals surface area contributed by atoms with Gasteiger partial charge in [-0.05, 0) is 75.2 Å². The van der Waals surface area contributed by atoms with Crippen LogP contribution >= 0.6 is 23.4 Å². The normalized spacial score (nSPS) is 10.8. The Morgan fingerprint density at radius 3 is 2.38 bits per heavy atom. The SMILES string of the molecule is CCOc1ccc(NC(=O)CSc2nnc(COc3cc(C)c(Cl)c(C)c3)n2CC)cc1. The highest BCUT2D eigenvalue weighted by atomic mass is 35.5. The van der Waals surface area contributed by atoms with Crippen LogP contribution in [0.25, 0.3) is 0 Å². The van der Waals surface area contributed by atoms with E-state index in [1.165, 1.54) is 11.8 Å². The third-order valence-electron chi connectivity index (χ3n) is 4.67. The molecule has 1 N–H and O–H groups in total. The highest BCUT2D eigenvalue weighted by molar-refractivity contribution is 7.99. The number of hydrogen-bond acceptors (Lipinski definition) is 6. The number of carbonyl (C=O) groups excluding carboxylic acids is 1. The van der Waals surface area contributed by atoms with Gasteiger partial charge in [0, 0.05) is 17.3 Å². The Hall–Kier alpha value is -2.71. The molecule has 0 saturated heterocycles. The number of ether oxygens (including phenoxy) is 2. The minimum absolute atomic E-state index is 0.116. The van der Waals surface area contributed by atoms with Gasteiger partial charge in [0.15, 0.2) is 11.0 Å². The predicted octanol–water partition coefficient (Wildman–Crippen LogP) is 5.28. The summed E-state index contributed by atoms with van der Waals surface area (Å²) >= 11 is 7.56. The molecule has 32 heavy (non-hydrogen) atoms. The molecule has 2 aromatic carbocycles. The van der Waals surface area contributed by atoms with Crippen molar-refractivity contribution in [2.75, 3.05) is 17.7 Å². The molecule has 0 unspecified atom stereocenters. The van der Waals surface area contributed by atoms with E-state index in [4.69, 9.17) is 21.1 Å². The molecule has 9 heteroatoms. The molecule has 0 aliphatic heterocycles. The van der Waals surface area contributed by atoms with Crippen molar-refractivity contribution in [3.63, 3.8) is 0 Å². The number of rotatable bonds is 10. The number of nitrogens with zero attached hydrogens (tertiary/aromatic N) is 3. The molecule has 3 rings (SSSR count). The fourth-order valence-corrected chi connectivity index (χ4v) is 4.05. The summed E-state index contributed by atoms with van der Waals surface area (Å²) in [5, 5.41) is 12.8. The number of benzene rings is 2. The van der Waals surface area contributed by atoms with Crippen LogP contribution in [0.4, 0.5) is 5.69 Å². The molecule has 0 atom stereocenters. The molecule has 0 aliphatic rings. The Balaban J connectivity index is 1.56. The van der Waals surface area contributed by atoms with Gasteiger partial charge in [-0.1, -0.05) is 23.4 Å². The number of aromatic nitrogens is 3. The number of amides is 1. The van der Waals surface area contributed by atoms with E-state index in [2.05, 4.69) is 15.5 Å². The van der Waals surface area contributed by atoms with Gasteiger partial charge < -0.3 is 19.4 Å². The van der Waals surface area contributed by atoms with Gasteiger partial charge in [0.05, 0.1) is 12.4 Å². The Morgan fingerprint density at radius 1 is 1.06 bits per heavy atom. The second kappa shape index (κ2) is 11.2. The zero-order chi connectivity index (χ0) is 23.1. The van der Waals surface area contributed by atoms with Gasteiger partial charge in [0.1, 0.15) is 18.1 Å². The van der Waals surface area contributed by atoms with Crippen LogP contribution in [-0.4, -0.2) is 33.0 Å². The summed E-state index contributed by atoms with van der Waals surface area (Å²) in [5.74, 6) is 2.32. The van der Waals surface area contributed by atoms with Crippen molar-refractivity contribution in [3.8, 4) is 11.5 Å². The first-order valence-corrected chi connectivity index (χ1v) is 11.7. The van der Waals surface area contributed by atoms with E-state index < -0.39 is 0 Å². The molecule has 1 amide bonds. The molecule has 0 aliphatic carbocycles. The van der Waals surface area contributed by atoms with Crippen LogP contribution in [0.3, 0.4) is 0 Å². The third kappa shape index (κ3) is 6.17. The average molecular weight is 475 g/mol. The summed E-state index contributed by atoms with van der Waals surface area (Å²) in [5.41, 5.74) is 2.65. The van der Waals surface area contributed by atoms with E-state index >= 15 is 0 Å². The van der Waals surface area contributed by atoms with Crippen LogP contribution in [-0.2, 0) is 17.9 Å². The maximum Gasteiger partial charge on any atom is 0.234 e. The molecule has 170 valence electrons. The van der Waals surface area contributed by atoms with Gasteiger partial charge in [-0.2, -0.15) is 0 Å². The van der Waals surface area contributed by atoms with Gasteiger partial charge in [-0.25, -0.2) is 0 Å². The van der Waals surface area contributed by atoms with E-state index in [1.807, 2.05) is 68.7 Å². The van der Waals surface area contributed by atoms with E-state index in [-0.39, 0.29) is 18.3 Å². The molecule has 7 nitrogen and oxygen atoms in total. The van der Waals surface area contributed by atoms with Gasteiger partial charge in [-0.15, -0.1) is 10.2 Å². The molecule has 3 aromatic rings. The zero-order valence-corrected chi connectivity index (χ0v) is 20.2. The van der Waals surface area contributed by atoms with E-state index in [0.29, 0.717) is 24.1 Å². The minimum atomic E-state index is -0.116.